The first-order chi connectivity index (χ1) is 36.4. The number of ether oxygens (including phenoxy) is 1. The number of aromatic nitrogens is 4. The average Bonchev–Trinajstić information content (AvgIpc) is 4.10. The first-order valence-electron chi connectivity index (χ1n) is 28.1. The number of rotatable bonds is 7. The lowest BCUT2D eigenvalue weighted by molar-refractivity contribution is -0.574. The van der Waals surface area contributed by atoms with E-state index in [0.29, 0.717) is 39.3 Å². The molecule has 0 spiro atoms. The van der Waals surface area contributed by atoms with Gasteiger partial charge in [-0.05, 0) is 135 Å². The van der Waals surface area contributed by atoms with Crippen LogP contribution in [0.15, 0.2) is 164 Å². The monoisotopic (exact) mass is 888 g/mol. The molecule has 0 saturated carbocycles. The largest absolute Gasteiger partial charge is 0.458 e. The second-order valence-corrected chi connectivity index (χ2v) is 20.4. The maximum absolute atomic E-state index is 8.99. The summed E-state index contributed by atoms with van der Waals surface area (Å²) in [6, 6.07) is 37.6. The molecule has 0 atom stereocenters. The minimum absolute atomic E-state index is 0.0893. The maximum atomic E-state index is 8.99. The summed E-state index contributed by atoms with van der Waals surface area (Å²) in [5.41, 5.74) is 6.76. The number of para-hydroxylation sites is 1. The zero-order valence-electron chi connectivity index (χ0n) is 50.4. The second kappa shape index (κ2) is 16.3. The van der Waals surface area contributed by atoms with Gasteiger partial charge in [-0.3, -0.25) is 13.7 Å². The molecule has 67 heavy (non-hydrogen) atoms. The lowest BCUT2D eigenvalue weighted by Gasteiger charge is -2.31. The topological polar surface area (TPSA) is 35.9 Å². The maximum Gasteiger partial charge on any atom is 0.269 e. The van der Waals surface area contributed by atoms with Crippen molar-refractivity contribution >= 4 is 32.8 Å². The van der Waals surface area contributed by atoms with Gasteiger partial charge < -0.3 is 4.74 Å². The SMILES string of the molecule is [2H]c1c([2H])c([2H])c(-c2cc(C(C)(C)C)c(-[n+]3[c-]n(-c4cccc(Oc5ccc6c7ccccc7n(-c7cc(C(C)(C)C)ccn7)c6c5)c4)c4cc(-c5c(C([2H])([2H])[2H])cccc5C([2H])([2H])[2H])ccc43)c(C(C)(C)C)c2)c([2H])c1[2H]. The van der Waals surface area contributed by atoms with Gasteiger partial charge in [0.25, 0.3) is 6.33 Å². The highest BCUT2D eigenvalue weighted by Gasteiger charge is 2.30. The van der Waals surface area contributed by atoms with Gasteiger partial charge >= 0.3 is 0 Å². The number of fused-ring (bicyclic) bond motifs is 4. The quantitative estimate of drug-likeness (QED) is 0.118. The Bertz CT molecular complexity index is 3960. The molecule has 0 N–H and O–H groups in total. The third kappa shape index (κ3) is 8.01. The van der Waals surface area contributed by atoms with Crippen LogP contribution in [0.4, 0.5) is 0 Å². The normalized spacial score (nSPS) is 15.1. The van der Waals surface area contributed by atoms with Crippen molar-refractivity contribution in [1.82, 2.24) is 14.1 Å². The van der Waals surface area contributed by atoms with Gasteiger partial charge in [-0.1, -0.05) is 159 Å². The van der Waals surface area contributed by atoms with Crippen LogP contribution >= 0.6 is 0 Å². The van der Waals surface area contributed by atoms with Crippen molar-refractivity contribution in [1.29, 1.82) is 0 Å². The van der Waals surface area contributed by atoms with E-state index in [2.05, 4.69) is 97.5 Å². The zero-order valence-corrected chi connectivity index (χ0v) is 39.4. The number of benzene rings is 7. The van der Waals surface area contributed by atoms with E-state index in [4.69, 9.17) is 24.8 Å². The molecule has 5 nitrogen and oxygen atoms in total. The summed E-state index contributed by atoms with van der Waals surface area (Å²) in [5, 5.41) is 2.11. The Hall–Kier alpha value is -7.24. The molecule has 0 unspecified atom stereocenters. The number of nitrogens with zero attached hydrogens (tertiary/aromatic N) is 4. The number of hydrogen-bond donors (Lipinski definition) is 0. The van der Waals surface area contributed by atoms with E-state index < -0.39 is 42.7 Å². The van der Waals surface area contributed by atoms with E-state index in [1.54, 1.807) is 12.1 Å². The Balaban J connectivity index is 1.21. The van der Waals surface area contributed by atoms with Gasteiger partial charge in [0.2, 0.25) is 0 Å². The fraction of sp³-hybridized carbons (Fsp3) is 0.226. The molecule has 7 aromatic carbocycles. The van der Waals surface area contributed by atoms with Crippen LogP contribution in [0.5, 0.6) is 11.5 Å². The highest BCUT2D eigenvalue weighted by molar-refractivity contribution is 6.09. The lowest BCUT2D eigenvalue weighted by atomic mass is 9.76. The Morgan fingerprint density at radius 3 is 1.97 bits per heavy atom. The Labute approximate surface area is 411 Å². The van der Waals surface area contributed by atoms with Crippen LogP contribution in [0, 0.1) is 20.0 Å². The minimum atomic E-state index is -2.65. The van der Waals surface area contributed by atoms with Crippen molar-refractivity contribution in [2.45, 2.75) is 92.3 Å². The van der Waals surface area contributed by atoms with Gasteiger partial charge in [0, 0.05) is 31.3 Å². The average molecular weight is 888 g/mol. The van der Waals surface area contributed by atoms with E-state index in [0.717, 1.165) is 50.0 Å². The molecule has 0 bridgehead atoms. The molecular formula is C62H60N4O. The first-order valence-corrected chi connectivity index (χ1v) is 22.6. The summed E-state index contributed by atoms with van der Waals surface area (Å²) in [5.74, 6) is 1.87. The number of pyridine rings is 1. The molecule has 0 aliphatic heterocycles. The molecule has 0 aliphatic rings. The smallest absolute Gasteiger partial charge is 0.269 e. The molecule has 10 rings (SSSR count). The predicted molar refractivity (Wildman–Crippen MR) is 279 cm³/mol. The van der Waals surface area contributed by atoms with Crippen molar-refractivity contribution in [2.75, 3.05) is 0 Å². The highest BCUT2D eigenvalue weighted by atomic mass is 16.5. The van der Waals surface area contributed by atoms with Crippen LogP contribution in [-0.4, -0.2) is 14.1 Å². The summed E-state index contributed by atoms with van der Waals surface area (Å²) in [4.78, 5) is 4.86. The van der Waals surface area contributed by atoms with Gasteiger partial charge in [0.05, 0.1) is 40.3 Å². The van der Waals surface area contributed by atoms with Gasteiger partial charge in [-0.15, -0.1) is 0 Å². The van der Waals surface area contributed by atoms with Crippen LogP contribution in [0.3, 0.4) is 0 Å². The summed E-state index contributed by atoms with van der Waals surface area (Å²) in [6.07, 6.45) is 5.53. The van der Waals surface area contributed by atoms with E-state index >= 15 is 0 Å². The summed E-state index contributed by atoms with van der Waals surface area (Å²) in [7, 11) is 0. The molecule has 0 radical (unpaired) electrons. The zero-order chi connectivity index (χ0) is 56.3. The molecule has 10 aromatic rings. The summed E-state index contributed by atoms with van der Waals surface area (Å²) < 4.78 is 108. The number of hydrogen-bond acceptors (Lipinski definition) is 2. The van der Waals surface area contributed by atoms with Crippen molar-refractivity contribution in [3.05, 3.63) is 198 Å². The van der Waals surface area contributed by atoms with Gasteiger partial charge in [-0.25, -0.2) is 4.98 Å². The van der Waals surface area contributed by atoms with Gasteiger partial charge in [0.1, 0.15) is 17.3 Å². The molecule has 0 fully saturated rings. The van der Waals surface area contributed by atoms with Crippen molar-refractivity contribution in [2.24, 2.45) is 0 Å². The van der Waals surface area contributed by atoms with Crippen LogP contribution in [0.25, 0.3) is 72.3 Å². The van der Waals surface area contributed by atoms with Crippen LogP contribution < -0.4 is 9.30 Å². The van der Waals surface area contributed by atoms with Crippen molar-refractivity contribution < 1.29 is 24.4 Å². The molecule has 334 valence electrons. The second-order valence-electron chi connectivity index (χ2n) is 20.4. The first kappa shape index (κ1) is 32.4. The Morgan fingerprint density at radius 2 is 1.27 bits per heavy atom. The number of aryl methyl sites for hydroxylation is 2. The fourth-order valence-electron chi connectivity index (χ4n) is 9.13. The van der Waals surface area contributed by atoms with E-state index in [1.165, 1.54) is 18.2 Å². The minimum Gasteiger partial charge on any atom is -0.458 e. The predicted octanol–water partition coefficient (Wildman–Crippen LogP) is 15.8. The Morgan fingerprint density at radius 1 is 0.582 bits per heavy atom. The van der Waals surface area contributed by atoms with Crippen LogP contribution in [-0.2, 0) is 16.2 Å². The van der Waals surface area contributed by atoms with Gasteiger partial charge in [0.15, 0.2) is 0 Å². The summed E-state index contributed by atoms with van der Waals surface area (Å²) in [6.45, 7) is 13.6. The van der Waals surface area contributed by atoms with Gasteiger partial charge in [-0.2, -0.15) is 0 Å². The van der Waals surface area contributed by atoms with E-state index in [9.17, 15) is 0 Å². The Kier molecular flexibility index (Phi) is 7.88. The molecular weight excluding hydrogens is 817 g/mol. The fourth-order valence-corrected chi connectivity index (χ4v) is 9.13. The molecule has 0 aliphatic carbocycles. The molecule has 3 heterocycles. The van der Waals surface area contributed by atoms with Crippen LogP contribution in [0.1, 0.15) is 105 Å². The lowest BCUT2D eigenvalue weighted by Crippen LogP contribution is -2.37. The van der Waals surface area contributed by atoms with E-state index in [-0.39, 0.29) is 39.8 Å². The van der Waals surface area contributed by atoms with Crippen molar-refractivity contribution in [3.63, 3.8) is 0 Å². The molecule has 3 aromatic heterocycles. The number of imidazole rings is 1. The third-order valence-corrected chi connectivity index (χ3v) is 12.5. The molecule has 0 amide bonds. The standard InChI is InChI=1S/C62H60N4O/c1-40-19-17-20-41(2)58(40)43-27-30-54-56(35-43)64(39-65(54)59-51(61(6,7)8)33-44(34-52(59)62(9,10)11)42-21-13-12-14-22-42)46-23-18-24-47(37-46)67-48-28-29-50-49-25-15-16-26-53(49)66(55(50)38-48)57-36-45(31-32-63-57)60(3,4)5/h12-38H,1-11H3/i1D3,2D3,12D,13D,14D,21D,22D. The van der Waals surface area contributed by atoms with Crippen LogP contribution in [0.2, 0.25) is 0 Å². The summed E-state index contributed by atoms with van der Waals surface area (Å²) >= 11 is 0. The molecule has 5 heteroatoms. The third-order valence-electron chi connectivity index (χ3n) is 12.5. The van der Waals surface area contributed by atoms with E-state index in [1.807, 2.05) is 88.1 Å². The highest BCUT2D eigenvalue weighted by Crippen LogP contribution is 2.41. The van der Waals surface area contributed by atoms with Crippen molar-refractivity contribution in [3.8, 4) is 50.9 Å². The molecule has 0 saturated heterocycles.